The van der Waals surface area contributed by atoms with Gasteiger partial charge in [-0.05, 0) is 18.1 Å². The molecule has 6 heteroatoms. The zero-order valence-electron chi connectivity index (χ0n) is 12.6. The first-order valence-electron chi connectivity index (χ1n) is 6.85. The summed E-state index contributed by atoms with van der Waals surface area (Å²) in [5.74, 6) is -1.91. The van der Waals surface area contributed by atoms with E-state index in [1.54, 1.807) is 0 Å². The molecule has 0 saturated heterocycles. The van der Waals surface area contributed by atoms with E-state index in [2.05, 4.69) is 17.1 Å². The van der Waals surface area contributed by atoms with Crippen LogP contribution in [0.2, 0.25) is 0 Å². The van der Waals surface area contributed by atoms with Crippen molar-refractivity contribution in [2.75, 3.05) is 14.2 Å². The Kier molecular flexibility index (Phi) is 2.84. The molecule has 2 N–H and O–H groups in total. The van der Waals surface area contributed by atoms with E-state index < -0.39 is 22.7 Å². The largest absolute Gasteiger partial charge is 0.386 e. The number of nitrogens with two attached hydrogens (primary N) is 1. The number of nitrogens with zero attached hydrogens (tertiary/aromatic N) is 3. The molecule has 3 rings (SSSR count). The Morgan fingerprint density at radius 2 is 1.82 bits per heavy atom. The van der Waals surface area contributed by atoms with Gasteiger partial charge in [0.15, 0.2) is 5.41 Å². The molecular formula is C16H16N4O2. The number of fused-ring (bicyclic) bond motifs is 1. The fourth-order valence-corrected chi connectivity index (χ4v) is 3.90. The van der Waals surface area contributed by atoms with Crippen LogP contribution < -0.4 is 5.73 Å². The van der Waals surface area contributed by atoms with Crippen LogP contribution in [0, 0.1) is 40.4 Å². The molecule has 1 heterocycles. The lowest BCUT2D eigenvalue weighted by Crippen LogP contribution is -2.41. The highest BCUT2D eigenvalue weighted by molar-refractivity contribution is 6.00. The fourth-order valence-electron chi connectivity index (χ4n) is 3.90. The molecule has 1 aromatic carbocycles. The quantitative estimate of drug-likeness (QED) is 0.849. The third kappa shape index (κ3) is 1.20. The van der Waals surface area contributed by atoms with Crippen molar-refractivity contribution in [2.24, 2.45) is 21.6 Å². The lowest BCUT2D eigenvalue weighted by Gasteiger charge is -2.29. The maximum Gasteiger partial charge on any atom is 0.292 e. The second-order valence-electron chi connectivity index (χ2n) is 5.62. The Bertz CT molecular complexity index is 756. The Balaban J connectivity index is 2.29. The maximum atomic E-state index is 9.91. The number of ether oxygens (including phenoxy) is 2. The SMILES string of the molecule is COC1(OC)N=C(N)C2(C#N)C(c3ccccc3C)C12C#N. The number of rotatable bonds is 3. The van der Waals surface area contributed by atoms with Gasteiger partial charge < -0.3 is 15.2 Å². The van der Waals surface area contributed by atoms with Gasteiger partial charge in [-0.3, -0.25) is 0 Å². The van der Waals surface area contributed by atoms with E-state index in [9.17, 15) is 10.5 Å². The van der Waals surface area contributed by atoms with Gasteiger partial charge in [0.25, 0.3) is 5.91 Å². The summed E-state index contributed by atoms with van der Waals surface area (Å²) in [4.78, 5) is 4.18. The van der Waals surface area contributed by atoms with E-state index in [-0.39, 0.29) is 5.84 Å². The van der Waals surface area contributed by atoms with E-state index >= 15 is 0 Å². The average molecular weight is 296 g/mol. The van der Waals surface area contributed by atoms with Gasteiger partial charge in [0.2, 0.25) is 0 Å². The minimum atomic E-state index is -1.56. The predicted molar refractivity (Wildman–Crippen MR) is 78.4 cm³/mol. The first-order valence-corrected chi connectivity index (χ1v) is 6.85. The molecule has 3 unspecified atom stereocenters. The minimum Gasteiger partial charge on any atom is -0.386 e. The number of hydrogen-bond donors (Lipinski definition) is 1. The van der Waals surface area contributed by atoms with Crippen LogP contribution >= 0.6 is 0 Å². The summed E-state index contributed by atoms with van der Waals surface area (Å²) in [6, 6.07) is 12.1. The van der Waals surface area contributed by atoms with Crippen LogP contribution in [0.3, 0.4) is 0 Å². The zero-order valence-corrected chi connectivity index (χ0v) is 12.6. The van der Waals surface area contributed by atoms with Crippen LogP contribution in [-0.4, -0.2) is 26.0 Å². The molecule has 0 aromatic heterocycles. The van der Waals surface area contributed by atoms with Crippen LogP contribution in [0.1, 0.15) is 17.0 Å². The molecule has 1 saturated carbocycles. The Hall–Kier alpha value is -2.41. The lowest BCUT2D eigenvalue weighted by atomic mass is 9.93. The summed E-state index contributed by atoms with van der Waals surface area (Å²) < 4.78 is 10.8. The summed E-state index contributed by atoms with van der Waals surface area (Å²) >= 11 is 0. The van der Waals surface area contributed by atoms with Gasteiger partial charge in [0, 0.05) is 20.1 Å². The smallest absolute Gasteiger partial charge is 0.292 e. The van der Waals surface area contributed by atoms with Gasteiger partial charge in [-0.15, -0.1) is 0 Å². The van der Waals surface area contributed by atoms with Crippen LogP contribution in [0.25, 0.3) is 0 Å². The van der Waals surface area contributed by atoms with Crippen molar-refractivity contribution < 1.29 is 9.47 Å². The first-order chi connectivity index (χ1) is 10.5. The van der Waals surface area contributed by atoms with E-state index in [0.29, 0.717) is 0 Å². The van der Waals surface area contributed by atoms with E-state index in [1.807, 2.05) is 31.2 Å². The zero-order chi connectivity index (χ0) is 16.2. The molecule has 2 aliphatic rings. The van der Waals surface area contributed by atoms with Crippen molar-refractivity contribution in [3.63, 3.8) is 0 Å². The highest BCUT2D eigenvalue weighted by Gasteiger charge is 2.93. The Labute approximate surface area is 128 Å². The summed E-state index contributed by atoms with van der Waals surface area (Å²) in [5, 5.41) is 19.7. The number of aliphatic imine (C=N–C) groups is 1. The number of methoxy groups -OCH3 is 2. The number of nitriles is 2. The predicted octanol–water partition coefficient (Wildman–Crippen LogP) is 1.43. The van der Waals surface area contributed by atoms with Gasteiger partial charge in [-0.1, -0.05) is 24.3 Å². The van der Waals surface area contributed by atoms with Gasteiger partial charge in [-0.2, -0.15) is 10.5 Å². The molecule has 1 aliphatic carbocycles. The number of amidine groups is 1. The maximum absolute atomic E-state index is 9.91. The van der Waals surface area contributed by atoms with Crippen molar-refractivity contribution in [1.82, 2.24) is 0 Å². The van der Waals surface area contributed by atoms with E-state index in [0.717, 1.165) is 11.1 Å². The first kappa shape index (κ1) is 14.5. The highest BCUT2D eigenvalue weighted by Crippen LogP contribution is 2.82. The minimum absolute atomic E-state index is 0.0912. The molecule has 112 valence electrons. The molecule has 0 bridgehead atoms. The van der Waals surface area contributed by atoms with Crippen molar-refractivity contribution in [1.29, 1.82) is 10.5 Å². The third-order valence-corrected chi connectivity index (χ3v) is 4.98. The standard InChI is InChI=1S/C16H16N4O2/c1-10-6-4-5-7-11(10)12-14(8-17)13(19)20-16(21-2,22-3)15(12,14)9-18/h4-7,12H,1-3H3,(H2,19,20). The highest BCUT2D eigenvalue weighted by atomic mass is 16.7. The van der Waals surface area contributed by atoms with Gasteiger partial charge in [0.1, 0.15) is 11.3 Å². The Morgan fingerprint density at radius 1 is 1.18 bits per heavy atom. The monoisotopic (exact) mass is 296 g/mol. The van der Waals surface area contributed by atoms with Crippen LogP contribution in [0.5, 0.6) is 0 Å². The fraction of sp³-hybridized carbons (Fsp3) is 0.438. The molecule has 22 heavy (non-hydrogen) atoms. The van der Waals surface area contributed by atoms with E-state index in [1.165, 1.54) is 14.2 Å². The second-order valence-corrected chi connectivity index (χ2v) is 5.62. The van der Waals surface area contributed by atoms with Crippen LogP contribution in [0.15, 0.2) is 29.3 Å². The molecule has 1 aliphatic heterocycles. The number of benzene rings is 1. The van der Waals surface area contributed by atoms with Crippen molar-refractivity contribution in [2.45, 2.75) is 18.8 Å². The second kappa shape index (κ2) is 4.30. The summed E-state index contributed by atoms with van der Waals surface area (Å²) in [5.41, 5.74) is 5.42. The summed E-state index contributed by atoms with van der Waals surface area (Å²) in [6.45, 7) is 1.94. The van der Waals surface area contributed by atoms with Gasteiger partial charge in [0.05, 0.1) is 12.1 Å². The summed E-state index contributed by atoms with van der Waals surface area (Å²) in [7, 11) is 2.81. The van der Waals surface area contributed by atoms with Gasteiger partial charge in [-0.25, -0.2) is 4.99 Å². The van der Waals surface area contributed by atoms with Crippen molar-refractivity contribution in [3.8, 4) is 12.1 Å². The number of hydrogen-bond acceptors (Lipinski definition) is 6. The van der Waals surface area contributed by atoms with Crippen molar-refractivity contribution in [3.05, 3.63) is 35.4 Å². The summed E-state index contributed by atoms with van der Waals surface area (Å²) in [6.07, 6.45) is 0. The van der Waals surface area contributed by atoms with Gasteiger partial charge >= 0.3 is 0 Å². The molecular weight excluding hydrogens is 280 g/mol. The molecule has 1 aromatic rings. The molecule has 3 atom stereocenters. The van der Waals surface area contributed by atoms with Crippen LogP contribution in [0.4, 0.5) is 0 Å². The molecule has 0 amide bonds. The molecule has 1 fully saturated rings. The average Bonchev–Trinajstić information content (AvgIpc) is 3.10. The topological polar surface area (TPSA) is 104 Å². The Morgan fingerprint density at radius 3 is 2.32 bits per heavy atom. The normalized spacial score (nSPS) is 34.2. The lowest BCUT2D eigenvalue weighted by molar-refractivity contribution is -0.230. The molecule has 0 radical (unpaired) electrons. The third-order valence-electron chi connectivity index (χ3n) is 4.98. The number of aryl methyl sites for hydroxylation is 1. The van der Waals surface area contributed by atoms with E-state index in [4.69, 9.17) is 15.2 Å². The molecule has 0 spiro atoms. The van der Waals surface area contributed by atoms with Crippen LogP contribution in [-0.2, 0) is 9.47 Å². The van der Waals surface area contributed by atoms with Crippen molar-refractivity contribution >= 4 is 5.84 Å². The molecule has 6 nitrogen and oxygen atoms in total.